The van der Waals surface area contributed by atoms with Crippen molar-refractivity contribution in [1.29, 1.82) is 0 Å². The molecule has 9 heteroatoms. The number of thiazole rings is 1. The van der Waals surface area contributed by atoms with Gasteiger partial charge in [0.2, 0.25) is 11.8 Å². The predicted molar refractivity (Wildman–Crippen MR) is 141 cm³/mol. The molecule has 4 heterocycles. The number of hydrogen-bond donors (Lipinski definition) is 1. The van der Waals surface area contributed by atoms with Crippen molar-refractivity contribution < 1.29 is 13.9 Å². The van der Waals surface area contributed by atoms with Gasteiger partial charge >= 0.3 is 0 Å². The van der Waals surface area contributed by atoms with E-state index in [1.807, 2.05) is 6.92 Å². The summed E-state index contributed by atoms with van der Waals surface area (Å²) in [7, 11) is 1.47. The Hall–Kier alpha value is -3.07. The van der Waals surface area contributed by atoms with E-state index in [4.69, 9.17) is 14.7 Å². The second kappa shape index (κ2) is 10.5. The van der Waals surface area contributed by atoms with Gasteiger partial charge in [-0.2, -0.15) is 0 Å². The Morgan fingerprint density at radius 1 is 1.25 bits per heavy atom. The molecule has 0 saturated carbocycles. The van der Waals surface area contributed by atoms with E-state index in [1.165, 1.54) is 13.2 Å². The third kappa shape index (κ3) is 5.51. The second-order valence-corrected chi connectivity index (χ2v) is 11.1. The molecule has 7 nitrogen and oxygen atoms in total. The van der Waals surface area contributed by atoms with Crippen LogP contribution in [0.4, 0.5) is 10.2 Å². The van der Waals surface area contributed by atoms with Crippen molar-refractivity contribution in [3.8, 4) is 16.5 Å². The summed E-state index contributed by atoms with van der Waals surface area (Å²) in [5.74, 6) is -0.256. The number of hydrogen-bond acceptors (Lipinski definition) is 7. The van der Waals surface area contributed by atoms with E-state index in [-0.39, 0.29) is 22.8 Å². The molecular formula is C27H34FN5O2S. The Balaban J connectivity index is 1.56. The summed E-state index contributed by atoms with van der Waals surface area (Å²) in [5, 5.41) is 6.48. The van der Waals surface area contributed by atoms with Crippen LogP contribution in [0.15, 0.2) is 23.7 Å². The fraction of sp³-hybridized carbons (Fsp3) is 0.481. The van der Waals surface area contributed by atoms with E-state index in [0.29, 0.717) is 13.2 Å². The zero-order valence-electron chi connectivity index (χ0n) is 21.8. The lowest BCUT2D eigenvalue weighted by Gasteiger charge is -2.26. The second-order valence-electron chi connectivity index (χ2n) is 10.3. The largest absolute Gasteiger partial charge is 0.481 e. The number of amides is 1. The van der Waals surface area contributed by atoms with Gasteiger partial charge in [-0.25, -0.2) is 19.3 Å². The van der Waals surface area contributed by atoms with Gasteiger partial charge in [-0.15, -0.1) is 11.3 Å². The summed E-state index contributed by atoms with van der Waals surface area (Å²) in [5.41, 5.74) is 4.43. The SMILES string of the molecule is COc1cc([C@@H](C)C(=O)N2CCCCc3cc(-c4nc(C(C)(C)C)cs4)c(C)nc3NC2)c(F)cn1. The summed E-state index contributed by atoms with van der Waals surface area (Å²) in [6.45, 7) is 11.1. The number of fused-ring (bicyclic) bond motifs is 1. The van der Waals surface area contributed by atoms with Gasteiger partial charge in [0.25, 0.3) is 0 Å². The summed E-state index contributed by atoms with van der Waals surface area (Å²) in [6.07, 6.45) is 3.71. The lowest BCUT2D eigenvalue weighted by molar-refractivity contribution is -0.132. The molecule has 0 aliphatic carbocycles. The van der Waals surface area contributed by atoms with Crippen LogP contribution < -0.4 is 10.1 Å². The van der Waals surface area contributed by atoms with Gasteiger partial charge in [0.15, 0.2) is 0 Å². The number of ether oxygens (including phenoxy) is 1. The molecule has 3 aromatic heterocycles. The number of aryl methyl sites for hydroxylation is 2. The molecule has 3 aromatic rings. The van der Waals surface area contributed by atoms with Crippen molar-refractivity contribution in [2.45, 2.75) is 65.2 Å². The van der Waals surface area contributed by atoms with Gasteiger partial charge in [0.05, 0.1) is 31.6 Å². The van der Waals surface area contributed by atoms with Crippen LogP contribution in [-0.4, -0.2) is 46.1 Å². The molecular weight excluding hydrogens is 477 g/mol. The maximum Gasteiger partial charge on any atom is 0.231 e. The highest BCUT2D eigenvalue weighted by atomic mass is 32.1. The molecule has 1 atom stereocenters. The normalized spacial score (nSPS) is 15.2. The highest BCUT2D eigenvalue weighted by Gasteiger charge is 2.26. The molecule has 0 aromatic carbocycles. The molecule has 1 N–H and O–H groups in total. The zero-order chi connectivity index (χ0) is 26.0. The molecule has 0 saturated heterocycles. The van der Waals surface area contributed by atoms with Crippen molar-refractivity contribution in [3.05, 3.63) is 52.0 Å². The molecule has 0 radical (unpaired) electrons. The van der Waals surface area contributed by atoms with E-state index >= 15 is 0 Å². The van der Waals surface area contributed by atoms with Gasteiger partial charge in [-0.3, -0.25) is 4.79 Å². The van der Waals surface area contributed by atoms with Crippen molar-refractivity contribution in [1.82, 2.24) is 19.9 Å². The van der Waals surface area contributed by atoms with Gasteiger partial charge in [0.1, 0.15) is 16.6 Å². The first-order valence-corrected chi connectivity index (χ1v) is 13.2. The van der Waals surface area contributed by atoms with Gasteiger partial charge in [-0.05, 0) is 44.7 Å². The van der Waals surface area contributed by atoms with Crippen molar-refractivity contribution in [2.24, 2.45) is 0 Å². The standard InChI is InChI=1S/C27H34FN5O2S/c1-16(19-12-23(35-6)29-13-21(19)28)26(34)33-10-8-7-9-18-11-20(17(2)31-24(18)30-15-33)25-32-22(14-36-25)27(3,4)5/h11-14,16H,7-10,15H2,1-6H3,(H,30,31)/t16-/m1/s1. The number of carbonyl (C=O) groups is 1. The zero-order valence-corrected chi connectivity index (χ0v) is 22.6. The maximum atomic E-state index is 14.5. The maximum absolute atomic E-state index is 14.5. The van der Waals surface area contributed by atoms with Crippen molar-refractivity contribution in [2.75, 3.05) is 25.6 Å². The third-order valence-electron chi connectivity index (χ3n) is 6.57. The van der Waals surface area contributed by atoms with Crippen LogP contribution in [0.1, 0.15) is 69.0 Å². The number of methoxy groups -OCH3 is 1. The summed E-state index contributed by atoms with van der Waals surface area (Å²) < 4.78 is 19.6. The lowest BCUT2D eigenvalue weighted by atomic mass is 9.93. The minimum Gasteiger partial charge on any atom is -0.481 e. The minimum absolute atomic E-state index is 0.00337. The van der Waals surface area contributed by atoms with Gasteiger partial charge in [-0.1, -0.05) is 20.8 Å². The quantitative estimate of drug-likeness (QED) is 0.485. The molecule has 1 amide bonds. The molecule has 0 bridgehead atoms. The fourth-order valence-corrected chi connectivity index (χ4v) is 5.40. The number of nitrogens with zero attached hydrogens (tertiary/aromatic N) is 4. The van der Waals surface area contributed by atoms with Crippen LogP contribution >= 0.6 is 11.3 Å². The number of pyridine rings is 2. The van der Waals surface area contributed by atoms with Crippen LogP contribution in [0.5, 0.6) is 5.88 Å². The lowest BCUT2D eigenvalue weighted by Crippen LogP contribution is -2.39. The molecule has 4 rings (SSSR count). The number of rotatable bonds is 4. The Morgan fingerprint density at radius 2 is 2.03 bits per heavy atom. The van der Waals surface area contributed by atoms with E-state index in [9.17, 15) is 9.18 Å². The van der Waals surface area contributed by atoms with Crippen molar-refractivity contribution >= 4 is 23.1 Å². The molecule has 0 fully saturated rings. The minimum atomic E-state index is -0.664. The third-order valence-corrected chi connectivity index (χ3v) is 7.45. The van der Waals surface area contributed by atoms with E-state index in [2.05, 4.69) is 42.5 Å². The monoisotopic (exact) mass is 511 g/mol. The fourth-order valence-electron chi connectivity index (χ4n) is 4.29. The molecule has 0 unspecified atom stereocenters. The van der Waals surface area contributed by atoms with E-state index in [0.717, 1.165) is 58.8 Å². The highest BCUT2D eigenvalue weighted by molar-refractivity contribution is 7.13. The first-order chi connectivity index (χ1) is 17.1. The number of carbonyl (C=O) groups excluding carboxylic acids is 1. The molecule has 0 spiro atoms. The number of halogens is 1. The average Bonchev–Trinajstić information content (AvgIpc) is 3.37. The van der Waals surface area contributed by atoms with Crippen LogP contribution in [-0.2, 0) is 16.6 Å². The first-order valence-electron chi connectivity index (χ1n) is 12.3. The molecule has 1 aliphatic rings. The summed E-state index contributed by atoms with van der Waals surface area (Å²) in [4.78, 5) is 28.7. The highest BCUT2D eigenvalue weighted by Crippen LogP contribution is 2.34. The van der Waals surface area contributed by atoms with Gasteiger partial charge in [0, 0.05) is 40.2 Å². The Kier molecular flexibility index (Phi) is 7.59. The number of nitrogens with one attached hydrogen (secondary N) is 1. The van der Waals surface area contributed by atoms with Crippen LogP contribution in [0.2, 0.25) is 0 Å². The van der Waals surface area contributed by atoms with E-state index < -0.39 is 11.7 Å². The number of aromatic nitrogens is 3. The average molecular weight is 512 g/mol. The topological polar surface area (TPSA) is 80.2 Å². The van der Waals surface area contributed by atoms with Crippen molar-refractivity contribution in [3.63, 3.8) is 0 Å². The van der Waals surface area contributed by atoms with Crippen LogP contribution in [0.3, 0.4) is 0 Å². The first kappa shape index (κ1) is 26.0. The Bertz CT molecular complexity index is 1250. The summed E-state index contributed by atoms with van der Waals surface area (Å²) in [6, 6.07) is 3.68. The van der Waals surface area contributed by atoms with E-state index in [1.54, 1.807) is 23.2 Å². The Labute approximate surface area is 216 Å². The van der Waals surface area contributed by atoms with Crippen LogP contribution in [0, 0.1) is 12.7 Å². The molecule has 36 heavy (non-hydrogen) atoms. The Morgan fingerprint density at radius 3 is 2.72 bits per heavy atom. The number of anilines is 1. The van der Waals surface area contributed by atoms with Crippen LogP contribution in [0.25, 0.3) is 10.6 Å². The molecule has 192 valence electrons. The summed E-state index contributed by atoms with van der Waals surface area (Å²) >= 11 is 1.65. The smallest absolute Gasteiger partial charge is 0.231 e. The predicted octanol–water partition coefficient (Wildman–Crippen LogP) is 5.69. The molecule has 1 aliphatic heterocycles. The van der Waals surface area contributed by atoms with Gasteiger partial charge < -0.3 is 15.0 Å².